The van der Waals surface area contributed by atoms with E-state index in [9.17, 15) is 18.8 Å². The highest BCUT2D eigenvalue weighted by Crippen LogP contribution is 2.30. The maximum Gasteiger partial charge on any atom is 0.228 e. The second-order valence-corrected chi connectivity index (χ2v) is 11.1. The first-order valence-corrected chi connectivity index (χ1v) is 13.4. The number of aryl methyl sites for hydroxylation is 1. The molecule has 0 atom stereocenters. The van der Waals surface area contributed by atoms with E-state index in [2.05, 4.69) is 20.2 Å². The zero-order valence-corrected chi connectivity index (χ0v) is 20.5. The molecule has 0 saturated heterocycles. The third-order valence-corrected chi connectivity index (χ3v) is 8.08. The van der Waals surface area contributed by atoms with Gasteiger partial charge in [0, 0.05) is 5.56 Å². The van der Waals surface area contributed by atoms with Crippen LogP contribution in [-0.4, -0.2) is 45.9 Å². The van der Waals surface area contributed by atoms with Crippen molar-refractivity contribution in [2.45, 2.75) is 55.5 Å². The topological polar surface area (TPSA) is 142 Å². The quantitative estimate of drug-likeness (QED) is 0.404. The second-order valence-electron chi connectivity index (χ2n) is 9.10. The number of sulfone groups is 1. The molecule has 1 fully saturated rings. The average molecular weight is 504 g/mol. The molecule has 5 rings (SSSR count). The molecule has 184 valence electrons. The zero-order valence-electron chi connectivity index (χ0n) is 19.7. The Balaban J connectivity index is 1.40. The molecule has 4 aromatic rings. The maximum absolute atomic E-state index is 13.0. The lowest BCUT2D eigenvalue weighted by Gasteiger charge is -2.25. The third kappa shape index (κ3) is 4.94. The Hall–Kier alpha value is -3.81. The number of H-pyrrole nitrogens is 1. The molecule has 1 saturated carbocycles. The smallest absolute Gasteiger partial charge is 0.228 e. The van der Waals surface area contributed by atoms with Gasteiger partial charge in [0.05, 0.1) is 28.5 Å². The Morgan fingerprint density at radius 1 is 1.11 bits per heavy atom. The van der Waals surface area contributed by atoms with Crippen LogP contribution in [0.1, 0.15) is 42.4 Å². The normalized spacial score (nSPS) is 18.1. The minimum Gasteiger partial charge on any atom is -0.474 e. The van der Waals surface area contributed by atoms with Gasteiger partial charge in [-0.25, -0.2) is 13.4 Å². The number of hydrogen-bond donors (Lipinski definition) is 2. The summed E-state index contributed by atoms with van der Waals surface area (Å²) < 4.78 is 32.3. The number of rotatable bonds is 6. The van der Waals surface area contributed by atoms with Crippen LogP contribution in [0.4, 0.5) is 0 Å². The van der Waals surface area contributed by atoms with Gasteiger partial charge in [0.1, 0.15) is 17.6 Å². The van der Waals surface area contributed by atoms with Crippen molar-refractivity contribution in [3.8, 4) is 23.3 Å². The fourth-order valence-electron chi connectivity index (χ4n) is 4.37. The Kier molecular flexibility index (Phi) is 6.43. The van der Waals surface area contributed by atoms with Gasteiger partial charge in [-0.15, -0.1) is 0 Å². The predicted octanol–water partition coefficient (Wildman–Crippen LogP) is 3.86. The number of hydrogen-bond acceptors (Lipinski definition) is 8. The van der Waals surface area contributed by atoms with Gasteiger partial charge in [-0.3, -0.25) is 5.10 Å². The van der Waals surface area contributed by atoms with E-state index in [-0.39, 0.29) is 28.4 Å². The minimum absolute atomic E-state index is 0.0400. The van der Waals surface area contributed by atoms with Crippen LogP contribution in [0.2, 0.25) is 0 Å². The first-order chi connectivity index (χ1) is 17.3. The van der Waals surface area contributed by atoms with Crippen molar-refractivity contribution in [2.75, 3.05) is 0 Å². The lowest BCUT2D eigenvalue weighted by Crippen LogP contribution is -2.26. The number of aliphatic hydroxyl groups is 1. The predicted molar refractivity (Wildman–Crippen MR) is 133 cm³/mol. The van der Waals surface area contributed by atoms with Gasteiger partial charge in [-0.2, -0.15) is 15.3 Å². The summed E-state index contributed by atoms with van der Waals surface area (Å²) in [4.78, 5) is 9.22. The summed E-state index contributed by atoms with van der Waals surface area (Å²) in [5.41, 5.74) is 2.74. The minimum atomic E-state index is -3.71. The molecule has 2 N–H and O–H groups in total. The van der Waals surface area contributed by atoms with Gasteiger partial charge in [0.25, 0.3) is 0 Å². The molecule has 0 amide bonds. The van der Waals surface area contributed by atoms with Crippen LogP contribution >= 0.6 is 0 Å². The monoisotopic (exact) mass is 503 g/mol. The van der Waals surface area contributed by atoms with Crippen LogP contribution < -0.4 is 4.74 Å². The fourth-order valence-corrected chi connectivity index (χ4v) is 5.98. The van der Waals surface area contributed by atoms with Crippen LogP contribution in [0.3, 0.4) is 0 Å². The number of benzene rings is 2. The lowest BCUT2D eigenvalue weighted by atomic mass is 9.95. The molecule has 2 aromatic heterocycles. The molecular weight excluding hydrogens is 478 g/mol. The van der Waals surface area contributed by atoms with Gasteiger partial charge in [0.15, 0.2) is 21.3 Å². The SMILES string of the molecule is Cc1ccc(C#N)c(S(=O)(=O)Cc2ccc(-c3nc(OC4CCC(O)CC4)c4cn[nH]c4n3)cc2)c1. The van der Waals surface area contributed by atoms with Crippen LogP contribution in [-0.2, 0) is 15.6 Å². The molecular formula is C26H25N5O4S. The van der Waals surface area contributed by atoms with Gasteiger partial charge >= 0.3 is 0 Å². The van der Waals surface area contributed by atoms with E-state index in [1.165, 1.54) is 12.1 Å². The summed E-state index contributed by atoms with van der Waals surface area (Å²) in [6.45, 7) is 1.79. The number of aromatic nitrogens is 4. The number of nitrogens with one attached hydrogen (secondary N) is 1. The van der Waals surface area contributed by atoms with Crippen molar-refractivity contribution in [1.29, 1.82) is 5.26 Å². The summed E-state index contributed by atoms with van der Waals surface area (Å²) in [6, 6.07) is 13.7. The summed E-state index contributed by atoms with van der Waals surface area (Å²) in [5.74, 6) is 0.631. The van der Waals surface area contributed by atoms with Gasteiger partial charge in [0.2, 0.25) is 5.88 Å². The van der Waals surface area contributed by atoms with Gasteiger partial charge in [-0.05, 0) is 55.9 Å². The van der Waals surface area contributed by atoms with E-state index in [0.29, 0.717) is 46.7 Å². The number of aromatic amines is 1. The summed E-state index contributed by atoms with van der Waals surface area (Å²) in [6.07, 6.45) is 4.19. The fraction of sp³-hybridized carbons (Fsp3) is 0.308. The molecule has 1 aliphatic carbocycles. The Labute approximate surface area is 208 Å². The van der Waals surface area contributed by atoms with E-state index < -0.39 is 9.84 Å². The first kappa shape index (κ1) is 23.9. The molecule has 0 aliphatic heterocycles. The molecule has 0 spiro atoms. The highest BCUT2D eigenvalue weighted by molar-refractivity contribution is 7.90. The molecule has 9 nitrogen and oxygen atoms in total. The summed E-state index contributed by atoms with van der Waals surface area (Å²) >= 11 is 0. The molecule has 0 bridgehead atoms. The lowest BCUT2D eigenvalue weighted by molar-refractivity contribution is 0.0652. The number of aliphatic hydroxyl groups excluding tert-OH is 1. The van der Waals surface area contributed by atoms with Crippen LogP contribution in [0.15, 0.2) is 53.6 Å². The zero-order chi connectivity index (χ0) is 25.3. The highest BCUT2D eigenvalue weighted by Gasteiger charge is 2.23. The molecule has 10 heteroatoms. The molecule has 2 heterocycles. The maximum atomic E-state index is 13.0. The summed E-state index contributed by atoms with van der Waals surface area (Å²) in [7, 11) is -3.71. The number of ether oxygens (including phenoxy) is 1. The Bertz CT molecular complexity index is 1550. The average Bonchev–Trinajstić information content (AvgIpc) is 3.35. The molecule has 36 heavy (non-hydrogen) atoms. The molecule has 0 radical (unpaired) electrons. The van der Waals surface area contributed by atoms with Gasteiger partial charge < -0.3 is 9.84 Å². The van der Waals surface area contributed by atoms with E-state index >= 15 is 0 Å². The first-order valence-electron chi connectivity index (χ1n) is 11.7. The van der Waals surface area contributed by atoms with Crippen LogP contribution in [0, 0.1) is 18.3 Å². The Morgan fingerprint density at radius 2 is 1.86 bits per heavy atom. The van der Waals surface area contributed by atoms with Crippen LogP contribution in [0.25, 0.3) is 22.4 Å². The molecule has 1 aliphatic rings. The highest BCUT2D eigenvalue weighted by atomic mass is 32.2. The number of nitriles is 1. The second kappa shape index (κ2) is 9.68. The largest absolute Gasteiger partial charge is 0.474 e. The molecule has 2 aromatic carbocycles. The van der Waals surface area contributed by atoms with E-state index in [4.69, 9.17) is 4.74 Å². The Morgan fingerprint density at radius 3 is 2.58 bits per heavy atom. The van der Waals surface area contributed by atoms with Crippen molar-refractivity contribution < 1.29 is 18.3 Å². The van der Waals surface area contributed by atoms with E-state index in [1.54, 1.807) is 43.5 Å². The summed E-state index contributed by atoms with van der Waals surface area (Å²) in [5, 5.41) is 26.7. The van der Waals surface area contributed by atoms with E-state index in [1.807, 2.05) is 6.07 Å². The third-order valence-electron chi connectivity index (χ3n) is 6.36. The molecule has 0 unspecified atom stereocenters. The van der Waals surface area contributed by atoms with Gasteiger partial charge in [-0.1, -0.05) is 30.3 Å². The van der Waals surface area contributed by atoms with E-state index in [0.717, 1.165) is 18.4 Å². The van der Waals surface area contributed by atoms with Crippen molar-refractivity contribution in [3.05, 3.63) is 65.4 Å². The van der Waals surface area contributed by atoms with Crippen LogP contribution in [0.5, 0.6) is 5.88 Å². The number of nitrogens with zero attached hydrogens (tertiary/aromatic N) is 4. The standard InChI is InChI=1S/C26H25N5O4S/c1-16-2-5-19(13-27)23(12-16)36(33,34)15-17-3-6-18(7-4-17)24-29-25-22(14-28-31-25)26(30-24)35-21-10-8-20(32)9-11-21/h2-7,12,14,20-21,32H,8-11,15H2,1H3,(H,28,29,30,31). The van der Waals surface area contributed by atoms with Crippen molar-refractivity contribution in [1.82, 2.24) is 20.2 Å². The van der Waals surface area contributed by atoms with Crippen molar-refractivity contribution in [3.63, 3.8) is 0 Å². The number of fused-ring (bicyclic) bond motifs is 1. The van der Waals surface area contributed by atoms with Crippen molar-refractivity contribution >= 4 is 20.9 Å². The van der Waals surface area contributed by atoms with Crippen molar-refractivity contribution in [2.24, 2.45) is 0 Å².